The highest BCUT2D eigenvalue weighted by Gasteiger charge is 2.15. The first-order chi connectivity index (χ1) is 13.3. The van der Waals surface area contributed by atoms with Crippen molar-refractivity contribution in [3.63, 3.8) is 0 Å². The highest BCUT2D eigenvalue weighted by atomic mass is 32.2. The lowest BCUT2D eigenvalue weighted by Gasteiger charge is -2.09. The lowest BCUT2D eigenvalue weighted by atomic mass is 10.0. The molecule has 0 unspecified atom stereocenters. The van der Waals surface area contributed by atoms with Gasteiger partial charge < -0.3 is 5.32 Å². The quantitative estimate of drug-likeness (QED) is 0.497. The van der Waals surface area contributed by atoms with Crippen molar-refractivity contribution in [2.45, 2.75) is 39.8 Å². The van der Waals surface area contributed by atoms with Crippen LogP contribution < -0.4 is 5.32 Å². The number of nitrogens with one attached hydrogen (secondary N) is 1. The van der Waals surface area contributed by atoms with Gasteiger partial charge in [0.1, 0.15) is 0 Å². The van der Waals surface area contributed by atoms with Gasteiger partial charge in [0.2, 0.25) is 5.91 Å². The van der Waals surface area contributed by atoms with E-state index in [2.05, 4.69) is 52.5 Å². The molecule has 0 saturated heterocycles. The molecule has 4 aromatic rings. The Morgan fingerprint density at radius 1 is 1.07 bits per heavy atom. The molecular weight excluding hydrogens is 390 g/mol. The molecule has 3 heterocycles. The molecule has 0 radical (unpaired) electrons. The molecule has 28 heavy (non-hydrogen) atoms. The minimum absolute atomic E-state index is 0.0977. The average molecular weight is 412 g/mol. The van der Waals surface area contributed by atoms with Crippen LogP contribution in [0.4, 0.5) is 5.13 Å². The first kappa shape index (κ1) is 18.9. The van der Waals surface area contributed by atoms with E-state index in [0.29, 0.717) is 10.3 Å². The van der Waals surface area contributed by atoms with Crippen LogP contribution in [0.25, 0.3) is 16.6 Å². The fourth-order valence-electron chi connectivity index (χ4n) is 3.08. The zero-order valence-corrected chi connectivity index (χ0v) is 18.1. The van der Waals surface area contributed by atoms with Crippen molar-refractivity contribution in [3.05, 3.63) is 45.5 Å². The lowest BCUT2D eigenvalue weighted by molar-refractivity contribution is -0.113. The largest absolute Gasteiger partial charge is 0.301 e. The smallest absolute Gasteiger partial charge is 0.236 e. The number of aromatic nitrogens is 4. The number of carbonyl (C=O) groups is 1. The summed E-state index contributed by atoms with van der Waals surface area (Å²) >= 11 is 2.87. The second-order valence-corrected chi connectivity index (χ2v) is 9.11. The molecule has 6 nitrogen and oxygen atoms in total. The molecule has 1 N–H and O–H groups in total. The molecule has 0 aliphatic rings. The summed E-state index contributed by atoms with van der Waals surface area (Å²) in [6.45, 7) is 10.2. The molecule has 0 aliphatic carbocycles. The van der Waals surface area contributed by atoms with Crippen LogP contribution in [0.15, 0.2) is 23.4 Å². The van der Waals surface area contributed by atoms with Crippen molar-refractivity contribution < 1.29 is 4.79 Å². The lowest BCUT2D eigenvalue weighted by Crippen LogP contribution is -2.14. The van der Waals surface area contributed by atoms with Crippen LogP contribution >= 0.6 is 23.1 Å². The van der Waals surface area contributed by atoms with Gasteiger partial charge in [-0.15, -0.1) is 21.5 Å². The van der Waals surface area contributed by atoms with Gasteiger partial charge in [0.25, 0.3) is 0 Å². The van der Waals surface area contributed by atoms with Gasteiger partial charge in [-0.05, 0) is 74.9 Å². The van der Waals surface area contributed by atoms with E-state index in [1.54, 1.807) is 0 Å². The number of thiazole rings is 1. The van der Waals surface area contributed by atoms with E-state index in [1.807, 2.05) is 25.2 Å². The van der Waals surface area contributed by atoms with E-state index in [9.17, 15) is 4.79 Å². The summed E-state index contributed by atoms with van der Waals surface area (Å²) in [4.78, 5) is 17.8. The van der Waals surface area contributed by atoms with Crippen molar-refractivity contribution in [2.75, 3.05) is 11.1 Å². The number of fused-ring (bicyclic) bond motifs is 3. The first-order valence-electron chi connectivity index (χ1n) is 8.96. The number of thioether (sulfide) groups is 1. The monoisotopic (exact) mass is 411 g/mol. The van der Waals surface area contributed by atoms with E-state index in [0.717, 1.165) is 32.7 Å². The topological polar surface area (TPSA) is 72.2 Å². The summed E-state index contributed by atoms with van der Waals surface area (Å²) in [5.41, 5.74) is 6.36. The third-order valence-corrected chi connectivity index (χ3v) is 6.77. The number of benzene rings is 1. The van der Waals surface area contributed by atoms with Crippen molar-refractivity contribution in [1.82, 2.24) is 19.6 Å². The molecule has 3 aromatic heterocycles. The predicted octanol–water partition coefficient (Wildman–Crippen LogP) is 4.61. The van der Waals surface area contributed by atoms with Crippen molar-refractivity contribution in [3.8, 4) is 0 Å². The molecule has 0 fully saturated rings. The van der Waals surface area contributed by atoms with Crippen molar-refractivity contribution in [2.24, 2.45) is 0 Å². The zero-order valence-electron chi connectivity index (χ0n) is 16.5. The summed E-state index contributed by atoms with van der Waals surface area (Å²) in [6.07, 6.45) is 0. The number of nitrogens with zero attached hydrogens (tertiary/aromatic N) is 4. The molecule has 1 aromatic carbocycles. The van der Waals surface area contributed by atoms with Crippen LogP contribution in [0.3, 0.4) is 0 Å². The number of pyridine rings is 1. The second-order valence-electron chi connectivity index (χ2n) is 6.96. The summed E-state index contributed by atoms with van der Waals surface area (Å²) < 4.78 is 2.05. The fraction of sp³-hybridized carbons (Fsp3) is 0.300. The van der Waals surface area contributed by atoms with Crippen LogP contribution in [0, 0.1) is 34.6 Å². The van der Waals surface area contributed by atoms with Gasteiger partial charge in [0.05, 0.1) is 17.0 Å². The normalized spacial score (nSPS) is 11.5. The second kappa shape index (κ2) is 7.18. The molecule has 144 valence electrons. The van der Waals surface area contributed by atoms with Gasteiger partial charge in [-0.1, -0.05) is 11.8 Å². The molecule has 0 spiro atoms. The van der Waals surface area contributed by atoms with E-state index < -0.39 is 0 Å². The number of hydrogen-bond donors (Lipinski definition) is 1. The highest BCUT2D eigenvalue weighted by molar-refractivity contribution is 7.99. The number of aryl methyl sites for hydroxylation is 5. The van der Waals surface area contributed by atoms with Crippen LogP contribution in [0.1, 0.15) is 27.3 Å². The Labute approximate surface area is 171 Å². The Hall–Kier alpha value is -2.45. The molecular formula is C20H21N5OS2. The Bertz CT molecular complexity index is 1210. The summed E-state index contributed by atoms with van der Waals surface area (Å²) in [6, 6.07) is 6.48. The Kier molecular flexibility index (Phi) is 4.84. The summed E-state index contributed by atoms with van der Waals surface area (Å²) in [5, 5.41) is 14.1. The molecule has 1 amide bonds. The van der Waals surface area contributed by atoms with E-state index in [4.69, 9.17) is 0 Å². The van der Waals surface area contributed by atoms with Crippen molar-refractivity contribution in [1.29, 1.82) is 0 Å². The fourth-order valence-corrected chi connectivity index (χ4v) is 4.65. The van der Waals surface area contributed by atoms with Gasteiger partial charge in [0, 0.05) is 4.88 Å². The maximum atomic E-state index is 12.4. The van der Waals surface area contributed by atoms with E-state index >= 15 is 0 Å². The summed E-state index contributed by atoms with van der Waals surface area (Å²) in [5.74, 6) is 0.151. The van der Waals surface area contributed by atoms with Gasteiger partial charge in [0.15, 0.2) is 15.9 Å². The van der Waals surface area contributed by atoms with Crippen LogP contribution in [0.5, 0.6) is 0 Å². The number of amides is 1. The molecule has 0 saturated carbocycles. The summed E-state index contributed by atoms with van der Waals surface area (Å²) in [7, 11) is 0. The maximum absolute atomic E-state index is 12.4. The van der Waals surface area contributed by atoms with Gasteiger partial charge in [-0.25, -0.2) is 4.98 Å². The van der Waals surface area contributed by atoms with Crippen LogP contribution in [-0.4, -0.2) is 31.2 Å². The Balaban J connectivity index is 1.63. The highest BCUT2D eigenvalue weighted by Crippen LogP contribution is 2.28. The number of anilines is 1. The minimum Gasteiger partial charge on any atom is -0.301 e. The molecule has 0 bridgehead atoms. The van der Waals surface area contributed by atoms with E-state index in [1.165, 1.54) is 34.2 Å². The van der Waals surface area contributed by atoms with Gasteiger partial charge >= 0.3 is 0 Å². The van der Waals surface area contributed by atoms with E-state index in [-0.39, 0.29) is 11.7 Å². The predicted molar refractivity (Wildman–Crippen MR) is 116 cm³/mol. The standard InChI is InChI=1S/C20H21N5OS2/c1-10-6-15-7-12(3)18-23-24-20(25(18)16(15)8-11(10)2)27-9-17(26)22-19-21-13(4)14(5)28-19/h6-8H,9H2,1-5H3,(H,21,22,26). The molecule has 8 heteroatoms. The van der Waals surface area contributed by atoms with Gasteiger partial charge in [-0.2, -0.15) is 0 Å². The number of rotatable bonds is 4. The maximum Gasteiger partial charge on any atom is 0.236 e. The minimum atomic E-state index is -0.0977. The molecule has 0 atom stereocenters. The van der Waals surface area contributed by atoms with Crippen LogP contribution in [0.2, 0.25) is 0 Å². The van der Waals surface area contributed by atoms with Crippen molar-refractivity contribution >= 4 is 50.7 Å². The SMILES string of the molecule is Cc1cc2cc(C)c3nnc(SCC(=O)Nc4nc(C)c(C)s4)n3c2cc1C. The Morgan fingerprint density at radius 3 is 2.50 bits per heavy atom. The molecule has 4 rings (SSSR count). The Morgan fingerprint density at radius 2 is 1.79 bits per heavy atom. The van der Waals surface area contributed by atoms with Crippen LogP contribution in [-0.2, 0) is 4.79 Å². The number of hydrogen-bond acceptors (Lipinski definition) is 6. The van der Waals surface area contributed by atoms with Gasteiger partial charge in [-0.3, -0.25) is 9.20 Å². The molecule has 0 aliphatic heterocycles. The average Bonchev–Trinajstić information content (AvgIpc) is 3.19. The first-order valence-corrected chi connectivity index (χ1v) is 10.8. The third kappa shape index (κ3) is 3.38. The zero-order chi connectivity index (χ0) is 20.0. The third-order valence-electron chi connectivity index (χ3n) is 4.85. The number of carbonyl (C=O) groups excluding carboxylic acids is 1.